The lowest BCUT2D eigenvalue weighted by molar-refractivity contribution is 0.0994. The number of fused-ring (bicyclic) bond motifs is 1. The lowest BCUT2D eigenvalue weighted by Gasteiger charge is -1.99. The van der Waals surface area contributed by atoms with E-state index in [0.717, 1.165) is 5.56 Å². The molecule has 0 bridgehead atoms. The first-order valence-corrected chi connectivity index (χ1v) is 4.57. The predicted octanol–water partition coefficient (Wildman–Crippen LogP) is 2.85. The number of rotatable bonds is 0. The number of Topliss-reactive ketones (excluding diaryl/α,β-unsaturated/α-hetero) is 1. The van der Waals surface area contributed by atoms with Gasteiger partial charge in [-0.2, -0.15) is 0 Å². The molecule has 0 aromatic heterocycles. The molecule has 1 aliphatic carbocycles. The summed E-state index contributed by atoms with van der Waals surface area (Å²) in [6.45, 7) is 0. The van der Waals surface area contributed by atoms with Gasteiger partial charge in [0.2, 0.25) is 0 Å². The molecule has 0 heterocycles. The maximum absolute atomic E-state index is 12.7. The average molecular weight is 229 g/mol. The van der Waals surface area contributed by atoms with Gasteiger partial charge in [0.05, 0.1) is 0 Å². The summed E-state index contributed by atoms with van der Waals surface area (Å²) in [6, 6.07) is 4.29. The molecule has 62 valence electrons. The maximum atomic E-state index is 12.7. The normalized spacial score (nSPS) is 21.2. The Morgan fingerprint density at radius 2 is 2.25 bits per heavy atom. The molecular formula is C9H6BrFO. The topological polar surface area (TPSA) is 17.1 Å². The van der Waals surface area contributed by atoms with E-state index in [-0.39, 0.29) is 16.4 Å². The zero-order valence-corrected chi connectivity index (χ0v) is 7.77. The van der Waals surface area contributed by atoms with Crippen molar-refractivity contribution < 1.29 is 9.18 Å². The molecule has 1 atom stereocenters. The largest absolute Gasteiger partial charge is 0.294 e. The quantitative estimate of drug-likeness (QED) is 0.625. The van der Waals surface area contributed by atoms with E-state index < -0.39 is 0 Å². The van der Waals surface area contributed by atoms with Gasteiger partial charge in [-0.05, 0) is 23.8 Å². The highest BCUT2D eigenvalue weighted by atomic mass is 79.9. The molecular weight excluding hydrogens is 223 g/mol. The molecule has 0 saturated carbocycles. The van der Waals surface area contributed by atoms with E-state index in [2.05, 4.69) is 15.9 Å². The summed E-state index contributed by atoms with van der Waals surface area (Å²) in [4.78, 5) is 11.2. The molecule has 0 N–H and O–H groups in total. The van der Waals surface area contributed by atoms with Crippen molar-refractivity contribution in [3.05, 3.63) is 35.1 Å². The predicted molar refractivity (Wildman–Crippen MR) is 47.0 cm³/mol. The zero-order chi connectivity index (χ0) is 8.72. The molecule has 0 amide bonds. The van der Waals surface area contributed by atoms with Gasteiger partial charge in [-0.25, -0.2) is 4.39 Å². The number of carbonyl (C=O) groups is 1. The monoisotopic (exact) mass is 228 g/mol. The Bertz CT molecular complexity index is 348. The highest BCUT2D eigenvalue weighted by molar-refractivity contribution is 9.09. The molecule has 0 saturated heterocycles. The van der Waals surface area contributed by atoms with Gasteiger partial charge in [-0.15, -0.1) is 0 Å². The van der Waals surface area contributed by atoms with Gasteiger partial charge in [0.15, 0.2) is 5.78 Å². The minimum atomic E-state index is -0.284. The average Bonchev–Trinajstić information content (AvgIpc) is 2.28. The van der Waals surface area contributed by atoms with Crippen LogP contribution in [0.5, 0.6) is 0 Å². The lowest BCUT2D eigenvalue weighted by Crippen LogP contribution is -1.90. The van der Waals surface area contributed by atoms with Gasteiger partial charge < -0.3 is 0 Å². The fraction of sp³-hybridized carbons (Fsp3) is 0.222. The number of benzene rings is 1. The lowest BCUT2D eigenvalue weighted by atomic mass is 10.1. The van der Waals surface area contributed by atoms with Crippen LogP contribution in [0, 0.1) is 5.82 Å². The number of hydrogen-bond donors (Lipinski definition) is 0. The van der Waals surface area contributed by atoms with Crippen molar-refractivity contribution in [2.24, 2.45) is 0 Å². The Labute approximate surface area is 77.7 Å². The van der Waals surface area contributed by atoms with Gasteiger partial charge in [-0.3, -0.25) is 4.79 Å². The zero-order valence-electron chi connectivity index (χ0n) is 6.18. The molecule has 1 nitrogen and oxygen atoms in total. The fourth-order valence-corrected chi connectivity index (χ4v) is 2.10. The third-order valence-electron chi connectivity index (χ3n) is 2.02. The van der Waals surface area contributed by atoms with Crippen LogP contribution in [-0.2, 0) is 0 Å². The molecule has 1 unspecified atom stereocenters. The summed E-state index contributed by atoms with van der Waals surface area (Å²) < 4.78 is 12.7. The van der Waals surface area contributed by atoms with Crippen molar-refractivity contribution in [2.75, 3.05) is 0 Å². The fourth-order valence-electron chi connectivity index (χ4n) is 1.43. The maximum Gasteiger partial charge on any atom is 0.164 e. The van der Waals surface area contributed by atoms with Crippen LogP contribution in [0.3, 0.4) is 0 Å². The molecule has 12 heavy (non-hydrogen) atoms. The van der Waals surface area contributed by atoms with Crippen molar-refractivity contribution in [1.82, 2.24) is 0 Å². The van der Waals surface area contributed by atoms with Crippen molar-refractivity contribution in [2.45, 2.75) is 11.2 Å². The van der Waals surface area contributed by atoms with Crippen LogP contribution < -0.4 is 0 Å². The standard InChI is InChI=1S/C9H6BrFO/c10-8-4-9(12)6-2-1-5(11)3-7(6)8/h1-3,8H,4H2. The van der Waals surface area contributed by atoms with Crippen LogP contribution in [0.15, 0.2) is 18.2 Å². The van der Waals surface area contributed by atoms with E-state index in [4.69, 9.17) is 0 Å². The number of carbonyl (C=O) groups excluding carboxylic acids is 1. The number of halogens is 2. The van der Waals surface area contributed by atoms with Gasteiger partial charge in [0, 0.05) is 16.8 Å². The van der Waals surface area contributed by atoms with Crippen LogP contribution in [0.4, 0.5) is 4.39 Å². The van der Waals surface area contributed by atoms with Crippen LogP contribution in [0.2, 0.25) is 0 Å². The number of alkyl halides is 1. The summed E-state index contributed by atoms with van der Waals surface area (Å²) in [5, 5.41) is 0. The Kier molecular flexibility index (Phi) is 1.76. The first-order chi connectivity index (χ1) is 5.68. The molecule has 1 aromatic rings. The van der Waals surface area contributed by atoms with Crippen molar-refractivity contribution >= 4 is 21.7 Å². The molecule has 0 fully saturated rings. The van der Waals surface area contributed by atoms with Crippen molar-refractivity contribution in [1.29, 1.82) is 0 Å². The summed E-state index contributed by atoms with van der Waals surface area (Å²) in [6.07, 6.45) is 0.443. The van der Waals surface area contributed by atoms with Crippen LogP contribution in [0.25, 0.3) is 0 Å². The van der Waals surface area contributed by atoms with Gasteiger partial charge in [0.25, 0.3) is 0 Å². The van der Waals surface area contributed by atoms with Gasteiger partial charge in [-0.1, -0.05) is 15.9 Å². The Morgan fingerprint density at radius 3 is 3.00 bits per heavy atom. The molecule has 0 spiro atoms. The van der Waals surface area contributed by atoms with Gasteiger partial charge >= 0.3 is 0 Å². The Hall–Kier alpha value is -0.700. The molecule has 0 aliphatic heterocycles. The van der Waals surface area contributed by atoms with Crippen molar-refractivity contribution in [3.8, 4) is 0 Å². The third kappa shape index (κ3) is 1.08. The second-order valence-electron chi connectivity index (χ2n) is 2.83. The summed E-state index contributed by atoms with van der Waals surface area (Å²) in [5.74, 6) is -0.195. The molecule has 3 heteroatoms. The van der Waals surface area contributed by atoms with Crippen LogP contribution >= 0.6 is 15.9 Å². The first-order valence-electron chi connectivity index (χ1n) is 3.65. The van der Waals surface area contributed by atoms with E-state index >= 15 is 0 Å². The second kappa shape index (κ2) is 2.66. The Morgan fingerprint density at radius 1 is 1.50 bits per heavy atom. The van der Waals surface area contributed by atoms with Crippen LogP contribution in [0.1, 0.15) is 27.2 Å². The smallest absolute Gasteiger partial charge is 0.164 e. The van der Waals surface area contributed by atoms with Crippen LogP contribution in [-0.4, -0.2) is 5.78 Å². The van der Waals surface area contributed by atoms with E-state index in [9.17, 15) is 9.18 Å². The SMILES string of the molecule is O=C1CC(Br)c2cc(F)ccc21. The summed E-state index contributed by atoms with van der Waals surface area (Å²) >= 11 is 3.32. The van der Waals surface area contributed by atoms with Crippen molar-refractivity contribution in [3.63, 3.8) is 0 Å². The van der Waals surface area contributed by atoms with E-state index in [1.807, 2.05) is 0 Å². The molecule has 0 radical (unpaired) electrons. The van der Waals surface area contributed by atoms with Gasteiger partial charge in [0.1, 0.15) is 5.82 Å². The second-order valence-corrected chi connectivity index (χ2v) is 3.93. The summed E-state index contributed by atoms with van der Waals surface area (Å²) in [5.41, 5.74) is 1.43. The number of ketones is 1. The van der Waals surface area contributed by atoms with E-state index in [1.54, 1.807) is 6.07 Å². The highest BCUT2D eigenvalue weighted by Crippen LogP contribution is 2.37. The Balaban J connectivity index is 2.60. The van der Waals surface area contributed by atoms with E-state index in [0.29, 0.717) is 12.0 Å². The third-order valence-corrected chi connectivity index (χ3v) is 2.83. The molecule has 2 rings (SSSR count). The minimum absolute atomic E-state index is 0.00398. The summed E-state index contributed by atoms with van der Waals surface area (Å²) in [7, 11) is 0. The molecule has 1 aromatic carbocycles. The van der Waals surface area contributed by atoms with E-state index in [1.165, 1.54) is 12.1 Å². The molecule has 1 aliphatic rings. The minimum Gasteiger partial charge on any atom is -0.294 e. The first kappa shape index (κ1) is 7.92. The number of hydrogen-bond acceptors (Lipinski definition) is 1. The highest BCUT2D eigenvalue weighted by Gasteiger charge is 2.27.